The van der Waals surface area contributed by atoms with Crippen LogP contribution in [0.2, 0.25) is 0 Å². The first-order chi connectivity index (χ1) is 7.32. The lowest BCUT2D eigenvalue weighted by molar-refractivity contribution is -0.124. The van der Waals surface area contributed by atoms with Crippen LogP contribution in [-0.2, 0) is 4.79 Å². The quantitative estimate of drug-likeness (QED) is 0.774. The van der Waals surface area contributed by atoms with Gasteiger partial charge in [0.15, 0.2) is 0 Å². The molecule has 0 heterocycles. The van der Waals surface area contributed by atoms with Crippen molar-refractivity contribution in [2.75, 3.05) is 0 Å². The van der Waals surface area contributed by atoms with Crippen LogP contribution in [0.15, 0.2) is 0 Å². The zero-order valence-corrected chi connectivity index (χ0v) is 11.0. The number of hydrogen-bond donors (Lipinski definition) is 2. The fraction of sp³-hybridized carbons (Fsp3) is 0.923. The zero-order valence-electron chi connectivity index (χ0n) is 11.0. The van der Waals surface area contributed by atoms with Crippen molar-refractivity contribution in [1.82, 2.24) is 5.32 Å². The number of carbonyl (C=O) groups is 1. The van der Waals surface area contributed by atoms with E-state index in [2.05, 4.69) is 19.2 Å². The van der Waals surface area contributed by atoms with Crippen LogP contribution in [0.5, 0.6) is 0 Å². The van der Waals surface area contributed by atoms with E-state index in [0.717, 1.165) is 12.8 Å². The molecule has 1 aliphatic rings. The number of hydrogen-bond acceptors (Lipinski definition) is 2. The van der Waals surface area contributed by atoms with Gasteiger partial charge in [0, 0.05) is 6.04 Å². The van der Waals surface area contributed by atoms with Gasteiger partial charge in [-0.05, 0) is 37.0 Å². The molecular formula is C13H26N2O. The van der Waals surface area contributed by atoms with Crippen molar-refractivity contribution in [3.8, 4) is 0 Å². The summed E-state index contributed by atoms with van der Waals surface area (Å²) in [6.45, 7) is 8.55. The van der Waals surface area contributed by atoms with Crippen molar-refractivity contribution in [3.63, 3.8) is 0 Å². The van der Waals surface area contributed by atoms with Crippen molar-refractivity contribution in [1.29, 1.82) is 0 Å². The minimum atomic E-state index is -0.366. The Kier molecular flexibility index (Phi) is 4.36. The number of amides is 1. The third-order valence-electron chi connectivity index (χ3n) is 3.71. The van der Waals surface area contributed by atoms with Crippen LogP contribution in [0.3, 0.4) is 0 Å². The lowest BCUT2D eigenvalue weighted by Crippen LogP contribution is -2.49. The Hall–Kier alpha value is -0.570. The van der Waals surface area contributed by atoms with E-state index >= 15 is 0 Å². The first-order valence-electron chi connectivity index (χ1n) is 6.38. The third kappa shape index (κ3) is 3.78. The molecule has 0 aromatic carbocycles. The normalized spacial score (nSPS) is 23.1. The molecule has 0 aliphatic heterocycles. The van der Waals surface area contributed by atoms with Crippen LogP contribution >= 0.6 is 0 Å². The van der Waals surface area contributed by atoms with Crippen molar-refractivity contribution in [3.05, 3.63) is 0 Å². The summed E-state index contributed by atoms with van der Waals surface area (Å²) in [5.41, 5.74) is 6.26. The first-order valence-corrected chi connectivity index (χ1v) is 6.38. The van der Waals surface area contributed by atoms with Crippen molar-refractivity contribution in [2.24, 2.45) is 17.1 Å². The highest BCUT2D eigenvalue weighted by Crippen LogP contribution is 2.34. The summed E-state index contributed by atoms with van der Waals surface area (Å²) in [5.74, 6) is 0.222. The smallest absolute Gasteiger partial charge is 0.237 e. The second kappa shape index (κ2) is 5.17. The van der Waals surface area contributed by atoms with Gasteiger partial charge in [-0.1, -0.05) is 27.7 Å². The minimum absolute atomic E-state index is 0.0136. The molecule has 0 aromatic heterocycles. The molecule has 1 aliphatic carbocycles. The van der Waals surface area contributed by atoms with E-state index in [1.165, 1.54) is 12.8 Å². The minimum Gasteiger partial charge on any atom is -0.352 e. The maximum atomic E-state index is 11.8. The molecular weight excluding hydrogens is 200 g/mol. The van der Waals surface area contributed by atoms with E-state index in [1.807, 2.05) is 13.8 Å². The predicted molar refractivity (Wildman–Crippen MR) is 67.0 cm³/mol. The molecule has 0 saturated heterocycles. The summed E-state index contributed by atoms with van der Waals surface area (Å²) in [6, 6.07) is -0.0275. The first kappa shape index (κ1) is 13.5. The molecule has 1 fully saturated rings. The van der Waals surface area contributed by atoms with Gasteiger partial charge in [0.25, 0.3) is 0 Å². The predicted octanol–water partition coefficient (Wildman–Crippen LogP) is 2.05. The molecule has 0 radical (unpaired) electrons. The average Bonchev–Trinajstić information content (AvgIpc) is 2.19. The monoisotopic (exact) mass is 226 g/mol. The standard InChI is InChI=1S/C13H26N2O/c1-9(2)11(14)12(16)15-10-5-7-13(3,4)8-6-10/h9-11H,5-8,14H2,1-4H3,(H,15,16). The molecule has 0 bridgehead atoms. The molecule has 1 amide bonds. The van der Waals surface area contributed by atoms with Gasteiger partial charge in [0.1, 0.15) is 0 Å². The van der Waals surface area contributed by atoms with E-state index in [0.29, 0.717) is 11.5 Å². The summed E-state index contributed by atoms with van der Waals surface area (Å²) >= 11 is 0. The molecule has 3 N–H and O–H groups in total. The number of nitrogens with one attached hydrogen (secondary N) is 1. The fourth-order valence-corrected chi connectivity index (χ4v) is 2.14. The van der Waals surface area contributed by atoms with E-state index in [9.17, 15) is 4.79 Å². The molecule has 1 saturated carbocycles. The average molecular weight is 226 g/mol. The van der Waals surface area contributed by atoms with Gasteiger partial charge in [0.05, 0.1) is 6.04 Å². The molecule has 3 heteroatoms. The van der Waals surface area contributed by atoms with Gasteiger partial charge in [-0.15, -0.1) is 0 Å². The lowest BCUT2D eigenvalue weighted by Gasteiger charge is -2.35. The lowest BCUT2D eigenvalue weighted by atomic mass is 9.75. The molecule has 1 rings (SSSR count). The summed E-state index contributed by atoms with van der Waals surface area (Å²) < 4.78 is 0. The Morgan fingerprint density at radius 3 is 2.25 bits per heavy atom. The van der Waals surface area contributed by atoms with Gasteiger partial charge in [-0.25, -0.2) is 0 Å². The number of rotatable bonds is 3. The Labute approximate surface area is 99.2 Å². The molecule has 1 unspecified atom stereocenters. The van der Waals surface area contributed by atoms with Crippen LogP contribution in [0.4, 0.5) is 0 Å². The fourth-order valence-electron chi connectivity index (χ4n) is 2.14. The molecule has 16 heavy (non-hydrogen) atoms. The van der Waals surface area contributed by atoms with Crippen LogP contribution in [0, 0.1) is 11.3 Å². The Morgan fingerprint density at radius 2 is 1.81 bits per heavy atom. The van der Waals surface area contributed by atoms with Gasteiger partial charge in [-0.2, -0.15) is 0 Å². The number of nitrogens with two attached hydrogens (primary N) is 1. The highest BCUT2D eigenvalue weighted by molar-refractivity contribution is 5.82. The van der Waals surface area contributed by atoms with E-state index < -0.39 is 0 Å². The Bertz CT molecular complexity index is 238. The summed E-state index contributed by atoms with van der Waals surface area (Å²) in [4.78, 5) is 11.8. The van der Waals surface area contributed by atoms with Gasteiger partial charge >= 0.3 is 0 Å². The van der Waals surface area contributed by atoms with E-state index in [1.54, 1.807) is 0 Å². The molecule has 0 aromatic rings. The maximum Gasteiger partial charge on any atom is 0.237 e. The van der Waals surface area contributed by atoms with Crippen LogP contribution < -0.4 is 11.1 Å². The summed E-state index contributed by atoms with van der Waals surface area (Å²) in [7, 11) is 0. The van der Waals surface area contributed by atoms with Crippen molar-refractivity contribution < 1.29 is 4.79 Å². The SMILES string of the molecule is CC(C)C(N)C(=O)NC1CCC(C)(C)CC1. The second-order valence-electron chi connectivity index (χ2n) is 6.22. The van der Waals surface area contributed by atoms with Crippen molar-refractivity contribution in [2.45, 2.75) is 65.5 Å². The largest absolute Gasteiger partial charge is 0.352 e. The molecule has 94 valence electrons. The van der Waals surface area contributed by atoms with Gasteiger partial charge in [-0.3, -0.25) is 4.79 Å². The van der Waals surface area contributed by atoms with Crippen LogP contribution in [0.25, 0.3) is 0 Å². The Balaban J connectivity index is 2.37. The third-order valence-corrected chi connectivity index (χ3v) is 3.71. The molecule has 1 atom stereocenters. The van der Waals surface area contributed by atoms with Crippen LogP contribution in [-0.4, -0.2) is 18.0 Å². The molecule has 3 nitrogen and oxygen atoms in total. The van der Waals surface area contributed by atoms with Gasteiger partial charge in [0.2, 0.25) is 5.91 Å². The van der Waals surface area contributed by atoms with E-state index in [-0.39, 0.29) is 17.9 Å². The topological polar surface area (TPSA) is 55.1 Å². The maximum absolute atomic E-state index is 11.8. The summed E-state index contributed by atoms with van der Waals surface area (Å²) in [6.07, 6.45) is 4.55. The van der Waals surface area contributed by atoms with Crippen molar-refractivity contribution >= 4 is 5.91 Å². The molecule has 0 spiro atoms. The highest BCUT2D eigenvalue weighted by atomic mass is 16.2. The second-order valence-corrected chi connectivity index (χ2v) is 6.22. The van der Waals surface area contributed by atoms with Gasteiger partial charge < -0.3 is 11.1 Å². The zero-order chi connectivity index (χ0) is 12.3. The highest BCUT2D eigenvalue weighted by Gasteiger charge is 2.28. The number of carbonyl (C=O) groups excluding carboxylic acids is 1. The Morgan fingerprint density at radius 1 is 1.31 bits per heavy atom. The van der Waals surface area contributed by atoms with Crippen LogP contribution in [0.1, 0.15) is 53.4 Å². The van der Waals surface area contributed by atoms with E-state index in [4.69, 9.17) is 5.73 Å². The summed E-state index contributed by atoms with van der Waals surface area (Å²) in [5, 5.41) is 3.07.